The Bertz CT molecular complexity index is 415. The number of primary amides is 1. The Morgan fingerprint density at radius 3 is 2.88 bits per heavy atom. The number of hydrogen-bond donors (Lipinski definition) is 1. The number of nitrogens with two attached hydrogens (primary N) is 1. The lowest BCUT2D eigenvalue weighted by molar-refractivity contribution is 0.0999. The van der Waals surface area contributed by atoms with E-state index in [4.69, 9.17) is 11.0 Å². The molecule has 0 heterocycles. The second-order valence-corrected chi connectivity index (χ2v) is 4.61. The molecule has 2 N–H and O–H groups in total. The molecule has 0 aliphatic rings. The molecule has 4 nitrogen and oxygen atoms in total. The highest BCUT2D eigenvalue weighted by Crippen LogP contribution is 2.12. The number of carbonyl (C=O) groups excluding carboxylic acids is 1. The van der Waals surface area contributed by atoms with Gasteiger partial charge in [0, 0.05) is 11.1 Å². The second kappa shape index (κ2) is 6.16. The molecular formula is C11H11N2O2S. The fourth-order valence-corrected chi connectivity index (χ4v) is 2.23. The topological polar surface area (TPSA) is 89.9 Å². The van der Waals surface area contributed by atoms with Gasteiger partial charge in [-0.05, 0) is 17.2 Å². The van der Waals surface area contributed by atoms with Gasteiger partial charge in [0.15, 0.2) is 0 Å². The summed E-state index contributed by atoms with van der Waals surface area (Å²) in [6.07, 6.45) is 1.28. The molecule has 0 spiro atoms. The minimum Gasteiger partial charge on any atom is -0.616 e. The molecule has 1 rings (SSSR count). The number of amides is 1. The Morgan fingerprint density at radius 1 is 1.56 bits per heavy atom. The van der Waals surface area contributed by atoms with Crippen LogP contribution in [-0.4, -0.2) is 16.2 Å². The molecule has 1 aromatic rings. The molecule has 1 unspecified atom stereocenters. The molecular weight excluding hydrogens is 224 g/mol. The Labute approximate surface area is 97.2 Å². The number of benzene rings is 1. The predicted molar refractivity (Wildman–Crippen MR) is 61.6 cm³/mol. The zero-order valence-electron chi connectivity index (χ0n) is 8.55. The number of hydrogen-bond acceptors (Lipinski definition) is 3. The van der Waals surface area contributed by atoms with E-state index in [0.717, 1.165) is 0 Å². The minimum atomic E-state index is -1.18. The van der Waals surface area contributed by atoms with Crippen LogP contribution in [-0.2, 0) is 16.9 Å². The van der Waals surface area contributed by atoms with Gasteiger partial charge in [-0.15, -0.1) is 0 Å². The lowest BCUT2D eigenvalue weighted by Gasteiger charge is -2.11. The summed E-state index contributed by atoms with van der Waals surface area (Å²) in [5, 5.41) is 8.31. The summed E-state index contributed by atoms with van der Waals surface area (Å²) in [6.45, 7) is 0. The van der Waals surface area contributed by atoms with Crippen molar-refractivity contribution in [1.82, 2.24) is 0 Å². The minimum absolute atomic E-state index is 0.198. The van der Waals surface area contributed by atoms with Crippen molar-refractivity contribution in [3.63, 3.8) is 0 Å². The van der Waals surface area contributed by atoms with Crippen LogP contribution >= 0.6 is 0 Å². The maximum absolute atomic E-state index is 11.5. The van der Waals surface area contributed by atoms with Crippen LogP contribution in [0, 0.1) is 17.8 Å². The van der Waals surface area contributed by atoms with Crippen LogP contribution in [0.25, 0.3) is 0 Å². The van der Waals surface area contributed by atoms with Crippen molar-refractivity contribution in [2.45, 2.75) is 5.75 Å². The highest BCUT2D eigenvalue weighted by molar-refractivity contribution is 7.90. The summed E-state index contributed by atoms with van der Waals surface area (Å²) in [6, 6.07) is 8.58. The van der Waals surface area contributed by atoms with E-state index in [0.29, 0.717) is 11.1 Å². The lowest BCUT2D eigenvalue weighted by atomic mass is 10.1. The van der Waals surface area contributed by atoms with Gasteiger partial charge in [0.25, 0.3) is 0 Å². The van der Waals surface area contributed by atoms with E-state index in [-0.39, 0.29) is 11.5 Å². The Kier molecular flexibility index (Phi) is 4.83. The number of carbonyl (C=O) groups is 1. The van der Waals surface area contributed by atoms with Crippen molar-refractivity contribution in [2.24, 2.45) is 5.73 Å². The molecule has 0 saturated heterocycles. The molecule has 83 valence electrons. The second-order valence-electron chi connectivity index (χ2n) is 3.11. The van der Waals surface area contributed by atoms with E-state index in [1.165, 1.54) is 6.42 Å². The molecule has 0 aliphatic heterocycles. The van der Waals surface area contributed by atoms with Gasteiger partial charge in [0.05, 0.1) is 6.07 Å². The number of nitrogens with zero attached hydrogens (tertiary/aromatic N) is 1. The molecule has 1 atom stereocenters. The van der Waals surface area contributed by atoms with Gasteiger partial charge < -0.3 is 10.3 Å². The quantitative estimate of drug-likeness (QED) is 0.764. The van der Waals surface area contributed by atoms with Crippen LogP contribution < -0.4 is 5.73 Å². The number of rotatable bonds is 5. The monoisotopic (exact) mass is 235 g/mol. The fourth-order valence-electron chi connectivity index (χ4n) is 1.25. The van der Waals surface area contributed by atoms with E-state index in [1.54, 1.807) is 24.3 Å². The molecule has 0 bridgehead atoms. The van der Waals surface area contributed by atoms with Crippen LogP contribution in [0.4, 0.5) is 0 Å². The highest BCUT2D eigenvalue weighted by atomic mass is 32.2. The molecule has 16 heavy (non-hydrogen) atoms. The van der Waals surface area contributed by atoms with Gasteiger partial charge in [-0.2, -0.15) is 5.26 Å². The Hall–Kier alpha value is -1.51. The zero-order valence-corrected chi connectivity index (χ0v) is 9.37. The van der Waals surface area contributed by atoms with Gasteiger partial charge in [-0.3, -0.25) is 4.79 Å². The van der Waals surface area contributed by atoms with Crippen molar-refractivity contribution in [3.05, 3.63) is 41.8 Å². The first-order valence-electron chi connectivity index (χ1n) is 4.59. The number of nitriles is 1. The van der Waals surface area contributed by atoms with Crippen molar-refractivity contribution < 1.29 is 9.35 Å². The standard InChI is InChI=1S/C11H11N2O2S/c12-6-3-7-16(15)8-9-4-1-2-5-10(9)11(13)14/h1-5H,7-8H2,(H2,13,14). The zero-order chi connectivity index (χ0) is 12.0. The maximum atomic E-state index is 11.5. The van der Waals surface area contributed by atoms with Crippen LogP contribution in [0.15, 0.2) is 24.3 Å². The summed E-state index contributed by atoms with van der Waals surface area (Å²) < 4.78 is 11.5. The van der Waals surface area contributed by atoms with Gasteiger partial charge in [0.2, 0.25) is 5.91 Å². The summed E-state index contributed by atoms with van der Waals surface area (Å²) in [4.78, 5) is 11.1. The molecule has 0 fully saturated rings. The largest absolute Gasteiger partial charge is 0.616 e. The molecule has 1 radical (unpaired) electrons. The molecule has 5 heteroatoms. The first-order valence-corrected chi connectivity index (χ1v) is 6.08. The predicted octanol–water partition coefficient (Wildman–Crippen LogP) is 0.762. The summed E-state index contributed by atoms with van der Waals surface area (Å²) >= 11 is -1.18. The van der Waals surface area contributed by atoms with Crippen molar-refractivity contribution >= 4 is 17.1 Å². The molecule has 1 aromatic carbocycles. The van der Waals surface area contributed by atoms with Crippen molar-refractivity contribution in [1.29, 1.82) is 5.26 Å². The van der Waals surface area contributed by atoms with Crippen molar-refractivity contribution in [3.8, 4) is 6.07 Å². The van der Waals surface area contributed by atoms with Gasteiger partial charge >= 0.3 is 0 Å². The molecule has 0 aliphatic carbocycles. The third kappa shape index (κ3) is 3.57. The fraction of sp³-hybridized carbons (Fsp3) is 0.182. The van der Waals surface area contributed by atoms with Crippen molar-refractivity contribution in [2.75, 3.05) is 5.75 Å². The molecule has 1 amide bonds. The summed E-state index contributed by atoms with van der Waals surface area (Å²) in [7, 11) is 0. The smallest absolute Gasteiger partial charge is 0.249 e. The normalized spacial score (nSPS) is 11.8. The van der Waals surface area contributed by atoms with Gasteiger partial charge in [-0.25, -0.2) is 0 Å². The maximum Gasteiger partial charge on any atom is 0.249 e. The van der Waals surface area contributed by atoms with Crippen LogP contribution in [0.2, 0.25) is 0 Å². The van der Waals surface area contributed by atoms with Gasteiger partial charge in [0.1, 0.15) is 17.9 Å². The van der Waals surface area contributed by atoms with Crippen LogP contribution in [0.5, 0.6) is 0 Å². The first-order chi connectivity index (χ1) is 7.65. The van der Waals surface area contributed by atoms with E-state index in [2.05, 4.69) is 0 Å². The Balaban J connectivity index is 2.73. The molecule has 0 aromatic heterocycles. The van der Waals surface area contributed by atoms with E-state index in [9.17, 15) is 9.35 Å². The van der Waals surface area contributed by atoms with Gasteiger partial charge in [-0.1, -0.05) is 18.2 Å². The van der Waals surface area contributed by atoms with E-state index < -0.39 is 17.1 Å². The summed E-state index contributed by atoms with van der Waals surface area (Å²) in [5.74, 6) is -0.0992. The third-order valence-electron chi connectivity index (χ3n) is 1.96. The lowest BCUT2D eigenvalue weighted by Crippen LogP contribution is -2.17. The highest BCUT2D eigenvalue weighted by Gasteiger charge is 2.13. The average molecular weight is 235 g/mol. The first kappa shape index (κ1) is 12.6. The average Bonchev–Trinajstić information content (AvgIpc) is 2.27. The van der Waals surface area contributed by atoms with Crippen LogP contribution in [0.3, 0.4) is 0 Å². The third-order valence-corrected chi connectivity index (χ3v) is 3.13. The SMILES string of the molecule is N#C[CH]C[S+]([O-])Cc1ccccc1C(N)=O. The summed E-state index contributed by atoms with van der Waals surface area (Å²) in [5.41, 5.74) is 6.23. The van der Waals surface area contributed by atoms with E-state index >= 15 is 0 Å². The van der Waals surface area contributed by atoms with Crippen LogP contribution in [0.1, 0.15) is 15.9 Å². The van der Waals surface area contributed by atoms with E-state index in [1.807, 2.05) is 6.07 Å². The molecule has 0 saturated carbocycles. The Morgan fingerprint density at radius 2 is 2.25 bits per heavy atom.